The van der Waals surface area contributed by atoms with Crippen LogP contribution in [0.15, 0.2) is 17.0 Å². The van der Waals surface area contributed by atoms with Gasteiger partial charge in [0.25, 0.3) is 5.91 Å². The summed E-state index contributed by atoms with van der Waals surface area (Å²) in [6.07, 6.45) is 6.58. The smallest absolute Gasteiger partial charge is 0.253 e. The number of amides is 1. The van der Waals surface area contributed by atoms with Gasteiger partial charge in [0, 0.05) is 19.6 Å². The van der Waals surface area contributed by atoms with Crippen molar-refractivity contribution in [2.24, 2.45) is 16.7 Å². The number of hydrogen-bond acceptors (Lipinski definition) is 3. The molecule has 4 aliphatic carbocycles. The van der Waals surface area contributed by atoms with E-state index in [-0.39, 0.29) is 42.8 Å². The van der Waals surface area contributed by atoms with Crippen molar-refractivity contribution in [3.63, 3.8) is 0 Å². The molecule has 2 atom stereocenters. The van der Waals surface area contributed by atoms with Crippen molar-refractivity contribution in [2.45, 2.75) is 62.8 Å². The van der Waals surface area contributed by atoms with Gasteiger partial charge < -0.3 is 5.32 Å². The molecule has 2 unspecified atom stereocenters. The molecule has 0 spiro atoms. The van der Waals surface area contributed by atoms with Crippen molar-refractivity contribution in [1.82, 2.24) is 9.62 Å². The molecule has 4 aliphatic rings. The van der Waals surface area contributed by atoms with Gasteiger partial charge in [-0.3, -0.25) is 4.79 Å². The summed E-state index contributed by atoms with van der Waals surface area (Å²) in [5, 5.41) is 3.45. The molecule has 29 heavy (non-hydrogen) atoms. The summed E-state index contributed by atoms with van der Waals surface area (Å²) in [5.41, 5.74) is 0.418. The van der Waals surface area contributed by atoms with E-state index in [1.165, 1.54) is 45.5 Å². The quantitative estimate of drug-likeness (QED) is 0.709. The lowest BCUT2D eigenvalue weighted by atomic mass is 9.43. The first-order chi connectivity index (χ1) is 13.3. The summed E-state index contributed by atoms with van der Waals surface area (Å²) in [6.45, 7) is 4.68. The third kappa shape index (κ3) is 3.60. The van der Waals surface area contributed by atoms with Crippen molar-refractivity contribution in [1.29, 1.82) is 0 Å². The molecule has 1 N–H and O–H groups in total. The third-order valence-electron chi connectivity index (χ3n) is 7.03. The van der Waals surface area contributed by atoms with Gasteiger partial charge in [-0.2, -0.15) is 0 Å². The van der Waals surface area contributed by atoms with Gasteiger partial charge in [0.2, 0.25) is 10.0 Å². The zero-order valence-electron chi connectivity index (χ0n) is 17.3. The number of carbonyl (C=O) groups excluding carboxylic acids is 1. The second-order valence-electron chi connectivity index (χ2n) is 10.4. The predicted octanol–water partition coefficient (Wildman–Crippen LogP) is 4.72. The summed E-state index contributed by atoms with van der Waals surface area (Å²) in [5.74, 6) is 0.308. The Kier molecular flexibility index (Phi) is 4.86. The average Bonchev–Trinajstić information content (AvgIpc) is 2.49. The van der Waals surface area contributed by atoms with E-state index in [1.807, 2.05) is 0 Å². The predicted molar refractivity (Wildman–Crippen MR) is 115 cm³/mol. The molecule has 0 aromatic heterocycles. The maximum Gasteiger partial charge on any atom is 0.253 e. The molecule has 0 aliphatic heterocycles. The Morgan fingerprint density at radius 1 is 1.03 bits per heavy atom. The highest BCUT2D eigenvalue weighted by atomic mass is 35.5. The van der Waals surface area contributed by atoms with E-state index in [2.05, 4.69) is 19.2 Å². The van der Waals surface area contributed by atoms with Crippen LogP contribution < -0.4 is 5.32 Å². The fourth-order valence-corrected chi connectivity index (χ4v) is 8.72. The van der Waals surface area contributed by atoms with Crippen LogP contribution in [0, 0.1) is 16.7 Å². The Morgan fingerprint density at radius 3 is 2.14 bits per heavy atom. The van der Waals surface area contributed by atoms with Crippen LogP contribution in [0.25, 0.3) is 0 Å². The molecule has 1 aromatic carbocycles. The first-order valence-electron chi connectivity index (χ1n) is 10.0. The number of halogens is 2. The topological polar surface area (TPSA) is 66.5 Å². The van der Waals surface area contributed by atoms with E-state index in [0.29, 0.717) is 5.92 Å². The van der Waals surface area contributed by atoms with E-state index < -0.39 is 10.0 Å². The Balaban J connectivity index is 1.68. The summed E-state index contributed by atoms with van der Waals surface area (Å²) >= 11 is 12.5. The number of nitrogens with zero attached hydrogens (tertiary/aromatic N) is 1. The Labute approximate surface area is 183 Å². The molecule has 1 aromatic rings. The lowest BCUT2D eigenvalue weighted by Crippen LogP contribution is -2.65. The Morgan fingerprint density at radius 2 is 1.62 bits per heavy atom. The summed E-state index contributed by atoms with van der Waals surface area (Å²) in [4.78, 5) is 13.2. The maximum absolute atomic E-state index is 13.3. The van der Waals surface area contributed by atoms with E-state index in [4.69, 9.17) is 23.2 Å². The number of sulfonamides is 1. The normalized spacial score (nSPS) is 35.9. The van der Waals surface area contributed by atoms with Crippen LogP contribution in [-0.2, 0) is 10.0 Å². The molecule has 4 bridgehead atoms. The van der Waals surface area contributed by atoms with E-state index in [9.17, 15) is 13.2 Å². The molecule has 5 nitrogen and oxygen atoms in total. The number of carbonyl (C=O) groups is 1. The molecular weight excluding hydrogens is 431 g/mol. The SMILES string of the molecule is CN(C)S(=O)(=O)c1cc(C(=O)NC23CC4CC(C)(CC(C)(C4)C2)C3)c(Cl)cc1Cl. The maximum atomic E-state index is 13.3. The largest absolute Gasteiger partial charge is 0.347 e. The minimum atomic E-state index is -3.79. The summed E-state index contributed by atoms with van der Waals surface area (Å²) < 4.78 is 26.3. The molecule has 160 valence electrons. The average molecular weight is 459 g/mol. The molecule has 1 amide bonds. The van der Waals surface area contributed by atoms with Gasteiger partial charge in [-0.05, 0) is 67.4 Å². The summed E-state index contributed by atoms with van der Waals surface area (Å²) in [6, 6.07) is 2.65. The van der Waals surface area contributed by atoms with Crippen molar-refractivity contribution in [2.75, 3.05) is 14.1 Å². The zero-order chi connectivity index (χ0) is 21.4. The third-order valence-corrected chi connectivity index (χ3v) is 9.62. The Hall–Kier alpha value is -0.820. The second kappa shape index (κ2) is 6.59. The van der Waals surface area contributed by atoms with Gasteiger partial charge in [0.15, 0.2) is 0 Å². The number of benzene rings is 1. The van der Waals surface area contributed by atoms with Crippen LogP contribution >= 0.6 is 23.2 Å². The zero-order valence-corrected chi connectivity index (χ0v) is 19.6. The number of hydrogen-bond donors (Lipinski definition) is 1. The summed E-state index contributed by atoms with van der Waals surface area (Å²) in [7, 11) is -0.936. The molecule has 5 rings (SSSR count). The molecule has 0 heterocycles. The van der Waals surface area contributed by atoms with Crippen molar-refractivity contribution >= 4 is 39.1 Å². The number of rotatable bonds is 4. The van der Waals surface area contributed by atoms with E-state index in [0.717, 1.165) is 23.6 Å². The van der Waals surface area contributed by atoms with Gasteiger partial charge >= 0.3 is 0 Å². The van der Waals surface area contributed by atoms with Crippen LogP contribution in [0.5, 0.6) is 0 Å². The standard InChI is InChI=1S/C21H28Cl2N2O3S/c1-19-7-13-8-20(2,10-19)12-21(9-13,11-19)24-18(26)14-5-17(16(23)6-15(14)22)29(27,28)25(3)4/h5-6,13H,7-12H2,1-4H3,(H,24,26). The van der Waals surface area contributed by atoms with Crippen LogP contribution in [0.3, 0.4) is 0 Å². The van der Waals surface area contributed by atoms with Gasteiger partial charge in [0.1, 0.15) is 4.90 Å². The lowest BCUT2D eigenvalue weighted by Gasteiger charge is -2.65. The van der Waals surface area contributed by atoms with Crippen molar-refractivity contribution < 1.29 is 13.2 Å². The van der Waals surface area contributed by atoms with Gasteiger partial charge in [-0.25, -0.2) is 12.7 Å². The van der Waals surface area contributed by atoms with Gasteiger partial charge in [0.05, 0.1) is 15.6 Å². The highest BCUT2D eigenvalue weighted by Gasteiger charge is 2.60. The first-order valence-corrected chi connectivity index (χ1v) is 12.2. The van der Waals surface area contributed by atoms with Gasteiger partial charge in [-0.15, -0.1) is 0 Å². The van der Waals surface area contributed by atoms with Crippen molar-refractivity contribution in [3.8, 4) is 0 Å². The fraction of sp³-hybridized carbons (Fsp3) is 0.667. The van der Waals surface area contributed by atoms with Crippen molar-refractivity contribution in [3.05, 3.63) is 27.7 Å². The Bertz CT molecular complexity index is 974. The number of nitrogens with one attached hydrogen (secondary N) is 1. The fourth-order valence-electron chi connectivity index (χ4n) is 6.99. The molecule has 0 radical (unpaired) electrons. The van der Waals surface area contributed by atoms with E-state index in [1.54, 1.807) is 0 Å². The highest BCUT2D eigenvalue weighted by Crippen LogP contribution is 2.66. The molecular formula is C21H28Cl2N2O3S. The van der Waals surface area contributed by atoms with Gasteiger partial charge in [-0.1, -0.05) is 37.0 Å². The molecule has 8 heteroatoms. The van der Waals surface area contributed by atoms with Crippen LogP contribution in [0.1, 0.15) is 62.7 Å². The monoisotopic (exact) mass is 458 g/mol. The van der Waals surface area contributed by atoms with Crippen LogP contribution in [-0.4, -0.2) is 38.3 Å². The van der Waals surface area contributed by atoms with Crippen LogP contribution in [0.4, 0.5) is 0 Å². The first kappa shape index (κ1) is 21.4. The lowest BCUT2D eigenvalue weighted by molar-refractivity contribution is -0.114. The minimum absolute atomic E-state index is 0.00933. The molecule has 4 saturated carbocycles. The van der Waals surface area contributed by atoms with E-state index >= 15 is 0 Å². The highest BCUT2D eigenvalue weighted by molar-refractivity contribution is 7.89. The van der Waals surface area contributed by atoms with Crippen LogP contribution in [0.2, 0.25) is 10.0 Å². The molecule has 0 saturated heterocycles. The molecule has 4 fully saturated rings. The second-order valence-corrected chi connectivity index (χ2v) is 13.3. The minimum Gasteiger partial charge on any atom is -0.347 e.